The van der Waals surface area contributed by atoms with E-state index in [-0.39, 0.29) is 0 Å². The van der Waals surface area contributed by atoms with Crippen LogP contribution in [0.3, 0.4) is 0 Å². The molecule has 3 nitrogen and oxygen atoms in total. The lowest BCUT2D eigenvalue weighted by Gasteiger charge is -2.06. The zero-order valence-electron chi connectivity index (χ0n) is 10.2. The normalized spacial score (nSPS) is 9.83. The van der Waals surface area contributed by atoms with Crippen molar-refractivity contribution in [3.05, 3.63) is 60.2 Å². The van der Waals surface area contributed by atoms with Crippen LogP contribution in [0.5, 0.6) is 0 Å². The fourth-order valence-corrected chi connectivity index (χ4v) is 1.74. The maximum Gasteiger partial charge on any atom is 0.407 e. The summed E-state index contributed by atoms with van der Waals surface area (Å²) in [5, 5.41) is 2.67. The van der Waals surface area contributed by atoms with E-state index >= 15 is 0 Å². The predicted octanol–water partition coefficient (Wildman–Crippen LogP) is 3.21. The molecule has 0 aliphatic carbocycles. The Morgan fingerprint density at radius 3 is 2.50 bits per heavy atom. The fraction of sp³-hybridized carbons (Fsp3) is 0.133. The Labute approximate surface area is 106 Å². The van der Waals surface area contributed by atoms with Gasteiger partial charge in [-0.15, -0.1) is 0 Å². The average Bonchev–Trinajstić information content (AvgIpc) is 2.46. The standard InChI is InChI=1S/C15H15NO2/c1-18-15(17)16-11-12-6-5-9-14(10-12)13-7-3-2-4-8-13/h2-10H,11H2,1H3,(H,16,17). The Morgan fingerprint density at radius 2 is 1.78 bits per heavy atom. The van der Waals surface area contributed by atoms with Crippen molar-refractivity contribution in [1.82, 2.24) is 5.32 Å². The summed E-state index contributed by atoms with van der Waals surface area (Å²) in [6, 6.07) is 18.2. The van der Waals surface area contributed by atoms with Crippen LogP contribution in [-0.4, -0.2) is 13.2 Å². The number of alkyl carbamates (subject to hydrolysis) is 1. The van der Waals surface area contributed by atoms with Crippen molar-refractivity contribution in [2.45, 2.75) is 6.54 Å². The second-order valence-electron chi connectivity index (χ2n) is 3.91. The Hall–Kier alpha value is -2.29. The van der Waals surface area contributed by atoms with Crippen molar-refractivity contribution in [1.29, 1.82) is 0 Å². The van der Waals surface area contributed by atoms with E-state index < -0.39 is 6.09 Å². The van der Waals surface area contributed by atoms with E-state index in [1.54, 1.807) is 0 Å². The number of methoxy groups -OCH3 is 1. The molecule has 0 atom stereocenters. The summed E-state index contributed by atoms with van der Waals surface area (Å²) >= 11 is 0. The minimum absolute atomic E-state index is 0.417. The van der Waals surface area contributed by atoms with E-state index in [4.69, 9.17) is 0 Å². The molecule has 0 bridgehead atoms. The smallest absolute Gasteiger partial charge is 0.407 e. The van der Waals surface area contributed by atoms with E-state index in [9.17, 15) is 4.79 Å². The van der Waals surface area contributed by atoms with Crippen LogP contribution in [-0.2, 0) is 11.3 Å². The molecule has 2 aromatic rings. The third kappa shape index (κ3) is 3.10. The molecule has 2 aromatic carbocycles. The number of ether oxygens (including phenoxy) is 1. The number of benzene rings is 2. The lowest BCUT2D eigenvalue weighted by molar-refractivity contribution is 0.170. The molecule has 0 fully saturated rings. The molecule has 0 unspecified atom stereocenters. The molecule has 0 aromatic heterocycles. The Bertz CT molecular complexity index is 523. The van der Waals surface area contributed by atoms with Gasteiger partial charge in [0.2, 0.25) is 0 Å². The molecule has 1 N–H and O–H groups in total. The molecule has 0 saturated carbocycles. The molecule has 2 rings (SSSR count). The maximum absolute atomic E-state index is 11.0. The molecule has 1 amide bonds. The van der Waals surface area contributed by atoms with Gasteiger partial charge in [0.25, 0.3) is 0 Å². The van der Waals surface area contributed by atoms with Gasteiger partial charge >= 0.3 is 6.09 Å². The lowest BCUT2D eigenvalue weighted by atomic mass is 10.0. The van der Waals surface area contributed by atoms with E-state index in [2.05, 4.69) is 34.3 Å². The van der Waals surface area contributed by atoms with Crippen molar-refractivity contribution >= 4 is 6.09 Å². The van der Waals surface area contributed by atoms with Gasteiger partial charge in [-0.2, -0.15) is 0 Å². The largest absolute Gasteiger partial charge is 0.453 e. The summed E-state index contributed by atoms with van der Waals surface area (Å²) in [5.74, 6) is 0. The van der Waals surface area contributed by atoms with Crippen molar-refractivity contribution in [2.75, 3.05) is 7.11 Å². The monoisotopic (exact) mass is 241 g/mol. The highest BCUT2D eigenvalue weighted by Gasteiger charge is 2.01. The van der Waals surface area contributed by atoms with Crippen LogP contribution in [0.4, 0.5) is 4.79 Å². The van der Waals surface area contributed by atoms with Crippen LogP contribution in [0.15, 0.2) is 54.6 Å². The Kier molecular flexibility index (Phi) is 3.97. The molecule has 0 radical (unpaired) electrons. The number of hydrogen-bond acceptors (Lipinski definition) is 2. The molecule has 0 heterocycles. The third-order valence-electron chi connectivity index (χ3n) is 2.66. The molecular formula is C15H15NO2. The van der Waals surface area contributed by atoms with E-state index in [0.29, 0.717) is 6.54 Å². The van der Waals surface area contributed by atoms with Crippen molar-refractivity contribution < 1.29 is 9.53 Å². The van der Waals surface area contributed by atoms with Crippen molar-refractivity contribution in [2.24, 2.45) is 0 Å². The molecular weight excluding hydrogens is 226 g/mol. The van der Waals surface area contributed by atoms with Crippen LogP contribution in [0.2, 0.25) is 0 Å². The number of carbonyl (C=O) groups excluding carboxylic acids is 1. The first-order valence-electron chi connectivity index (χ1n) is 5.76. The Balaban J connectivity index is 2.13. The number of rotatable bonds is 3. The molecule has 3 heteroatoms. The number of nitrogens with one attached hydrogen (secondary N) is 1. The first-order valence-corrected chi connectivity index (χ1v) is 5.76. The predicted molar refractivity (Wildman–Crippen MR) is 71.1 cm³/mol. The number of carbonyl (C=O) groups is 1. The van der Waals surface area contributed by atoms with Crippen LogP contribution in [0, 0.1) is 0 Å². The third-order valence-corrected chi connectivity index (χ3v) is 2.66. The van der Waals surface area contributed by atoms with Gasteiger partial charge in [0.1, 0.15) is 0 Å². The summed E-state index contributed by atoms with van der Waals surface area (Å²) in [6.45, 7) is 0.466. The molecule has 0 aliphatic heterocycles. The van der Waals surface area contributed by atoms with Crippen LogP contribution in [0.1, 0.15) is 5.56 Å². The van der Waals surface area contributed by atoms with Crippen molar-refractivity contribution in [3.8, 4) is 11.1 Å². The first-order chi connectivity index (χ1) is 8.79. The zero-order valence-corrected chi connectivity index (χ0v) is 10.2. The number of amides is 1. The SMILES string of the molecule is COC(=O)NCc1cccc(-c2ccccc2)c1. The van der Waals surface area contributed by atoms with Gasteiger partial charge < -0.3 is 10.1 Å². The maximum atomic E-state index is 11.0. The first kappa shape index (κ1) is 12.2. The van der Waals surface area contributed by atoms with E-state index in [1.165, 1.54) is 7.11 Å². The van der Waals surface area contributed by atoms with Crippen LogP contribution in [0.25, 0.3) is 11.1 Å². The highest BCUT2D eigenvalue weighted by Crippen LogP contribution is 2.19. The van der Waals surface area contributed by atoms with Gasteiger partial charge in [-0.05, 0) is 22.8 Å². The van der Waals surface area contributed by atoms with Gasteiger partial charge in [-0.3, -0.25) is 0 Å². The summed E-state index contributed by atoms with van der Waals surface area (Å²) in [5.41, 5.74) is 3.35. The lowest BCUT2D eigenvalue weighted by Crippen LogP contribution is -2.22. The van der Waals surface area contributed by atoms with Crippen LogP contribution >= 0.6 is 0 Å². The zero-order chi connectivity index (χ0) is 12.8. The van der Waals surface area contributed by atoms with Gasteiger partial charge in [0.05, 0.1) is 7.11 Å². The fourth-order valence-electron chi connectivity index (χ4n) is 1.74. The van der Waals surface area contributed by atoms with Gasteiger partial charge in [0.15, 0.2) is 0 Å². The van der Waals surface area contributed by atoms with Crippen molar-refractivity contribution in [3.63, 3.8) is 0 Å². The summed E-state index contributed by atoms with van der Waals surface area (Å²) < 4.78 is 4.54. The van der Waals surface area contributed by atoms with Crippen LogP contribution < -0.4 is 5.32 Å². The second kappa shape index (κ2) is 5.87. The molecule has 92 valence electrons. The summed E-state index contributed by atoms with van der Waals surface area (Å²) in [7, 11) is 1.36. The van der Waals surface area contributed by atoms with Gasteiger partial charge in [0, 0.05) is 6.54 Å². The molecule has 0 spiro atoms. The Morgan fingerprint density at radius 1 is 1.06 bits per heavy atom. The molecule has 18 heavy (non-hydrogen) atoms. The molecule has 0 aliphatic rings. The minimum Gasteiger partial charge on any atom is -0.453 e. The quantitative estimate of drug-likeness (QED) is 0.896. The topological polar surface area (TPSA) is 38.3 Å². The summed E-state index contributed by atoms with van der Waals surface area (Å²) in [6.07, 6.45) is -0.417. The number of hydrogen-bond donors (Lipinski definition) is 1. The average molecular weight is 241 g/mol. The minimum atomic E-state index is -0.417. The summed E-state index contributed by atoms with van der Waals surface area (Å²) in [4.78, 5) is 11.0. The highest BCUT2D eigenvalue weighted by molar-refractivity contribution is 5.67. The van der Waals surface area contributed by atoms with Gasteiger partial charge in [-0.1, -0.05) is 48.5 Å². The van der Waals surface area contributed by atoms with Gasteiger partial charge in [-0.25, -0.2) is 4.79 Å². The van der Waals surface area contributed by atoms with E-state index in [1.807, 2.05) is 30.3 Å². The second-order valence-corrected chi connectivity index (χ2v) is 3.91. The molecule has 0 saturated heterocycles. The highest BCUT2D eigenvalue weighted by atomic mass is 16.5. The van der Waals surface area contributed by atoms with E-state index in [0.717, 1.165) is 16.7 Å².